The molecule has 0 heterocycles. The highest BCUT2D eigenvalue weighted by Gasteiger charge is 2.38. The minimum absolute atomic E-state index is 0.0287. The van der Waals surface area contributed by atoms with E-state index in [0.717, 1.165) is 18.4 Å². The Labute approximate surface area is 138 Å². The second kappa shape index (κ2) is 7.12. The van der Waals surface area contributed by atoms with Gasteiger partial charge in [-0.1, -0.05) is 43.7 Å². The van der Waals surface area contributed by atoms with E-state index in [1.54, 1.807) is 31.2 Å². The molecule has 3 nitrogen and oxygen atoms in total. The van der Waals surface area contributed by atoms with Gasteiger partial charge < -0.3 is 4.74 Å². The maximum Gasteiger partial charge on any atom is 0.338 e. The van der Waals surface area contributed by atoms with Gasteiger partial charge in [0.15, 0.2) is 0 Å². The Morgan fingerprint density at radius 3 is 2.52 bits per heavy atom. The van der Waals surface area contributed by atoms with Gasteiger partial charge >= 0.3 is 5.97 Å². The van der Waals surface area contributed by atoms with Crippen LogP contribution < -0.4 is 0 Å². The molecule has 0 aromatic heterocycles. The smallest absolute Gasteiger partial charge is 0.338 e. The first-order valence-corrected chi connectivity index (χ1v) is 8.26. The molecule has 0 spiro atoms. The van der Waals surface area contributed by atoms with E-state index >= 15 is 0 Å². The third kappa shape index (κ3) is 4.31. The molecule has 0 bridgehead atoms. The zero-order chi connectivity index (χ0) is 17.0. The molecule has 0 amide bonds. The Balaban J connectivity index is 1.98. The van der Waals surface area contributed by atoms with Crippen molar-refractivity contribution in [1.29, 1.82) is 0 Å². The molecule has 0 aliphatic heterocycles. The molecule has 0 radical (unpaired) electrons. The summed E-state index contributed by atoms with van der Waals surface area (Å²) in [6.45, 7) is 8.11. The summed E-state index contributed by atoms with van der Waals surface area (Å²) in [6.07, 6.45) is 4.05. The third-order valence-corrected chi connectivity index (χ3v) is 4.62. The van der Waals surface area contributed by atoms with Gasteiger partial charge in [0.1, 0.15) is 11.9 Å². The van der Waals surface area contributed by atoms with Crippen LogP contribution in [0.25, 0.3) is 0 Å². The van der Waals surface area contributed by atoms with Crippen molar-refractivity contribution in [3.05, 3.63) is 47.5 Å². The Morgan fingerprint density at radius 2 is 1.91 bits per heavy atom. The Kier molecular flexibility index (Phi) is 5.40. The van der Waals surface area contributed by atoms with E-state index in [9.17, 15) is 9.59 Å². The molecule has 0 fully saturated rings. The molecule has 3 heteroatoms. The molecule has 0 saturated heterocycles. The lowest BCUT2D eigenvalue weighted by atomic mass is 9.66. The monoisotopic (exact) mass is 314 g/mol. The summed E-state index contributed by atoms with van der Waals surface area (Å²) in [7, 11) is 0. The van der Waals surface area contributed by atoms with Crippen LogP contribution in [0.5, 0.6) is 0 Å². The number of allylic oxidation sites excluding steroid dienone is 2. The van der Waals surface area contributed by atoms with Crippen molar-refractivity contribution < 1.29 is 14.3 Å². The normalized spacial score (nSPS) is 21.2. The lowest BCUT2D eigenvalue weighted by Crippen LogP contribution is -2.36. The van der Waals surface area contributed by atoms with Gasteiger partial charge in [-0.15, -0.1) is 0 Å². The molecular weight excluding hydrogens is 288 g/mol. The van der Waals surface area contributed by atoms with Crippen LogP contribution in [-0.4, -0.2) is 17.9 Å². The van der Waals surface area contributed by atoms with E-state index in [1.165, 1.54) is 0 Å². The summed E-state index contributed by atoms with van der Waals surface area (Å²) in [4.78, 5) is 24.8. The number of benzene rings is 1. The predicted molar refractivity (Wildman–Crippen MR) is 91.2 cm³/mol. The number of ether oxygens (including phenoxy) is 1. The number of hydrogen-bond acceptors (Lipinski definition) is 3. The molecule has 1 unspecified atom stereocenters. The molecule has 0 N–H and O–H groups in total. The number of hydrogen-bond donors (Lipinski definition) is 0. The molecule has 1 aromatic carbocycles. The van der Waals surface area contributed by atoms with Crippen LogP contribution in [-0.2, 0) is 9.53 Å². The second-order valence-electron chi connectivity index (χ2n) is 7.16. The maximum atomic E-state index is 12.7. The lowest BCUT2D eigenvalue weighted by Gasteiger charge is -2.37. The largest absolute Gasteiger partial charge is 0.459 e. The number of ketones is 1. The van der Waals surface area contributed by atoms with Gasteiger partial charge in [0.05, 0.1) is 5.56 Å². The fraction of sp³-hybridized carbons (Fsp3) is 0.500. The quantitative estimate of drug-likeness (QED) is 0.590. The summed E-state index contributed by atoms with van der Waals surface area (Å²) >= 11 is 0. The summed E-state index contributed by atoms with van der Waals surface area (Å²) < 4.78 is 5.42. The van der Waals surface area contributed by atoms with Gasteiger partial charge in [0.2, 0.25) is 0 Å². The molecule has 1 aromatic rings. The van der Waals surface area contributed by atoms with E-state index in [-0.39, 0.29) is 29.5 Å². The highest BCUT2D eigenvalue weighted by Crippen LogP contribution is 2.42. The van der Waals surface area contributed by atoms with Crippen LogP contribution in [0.4, 0.5) is 0 Å². The molecule has 23 heavy (non-hydrogen) atoms. The summed E-state index contributed by atoms with van der Waals surface area (Å²) in [5.74, 6) is -0.285. The van der Waals surface area contributed by atoms with Crippen molar-refractivity contribution in [3.63, 3.8) is 0 Å². The summed E-state index contributed by atoms with van der Waals surface area (Å²) in [5.41, 5.74) is 1.63. The van der Waals surface area contributed by atoms with Crippen LogP contribution >= 0.6 is 0 Å². The third-order valence-electron chi connectivity index (χ3n) is 4.62. The minimum atomic E-state index is -0.416. The lowest BCUT2D eigenvalue weighted by molar-refractivity contribution is -0.127. The van der Waals surface area contributed by atoms with Gasteiger partial charge in [0.25, 0.3) is 0 Å². The number of carbonyl (C=O) groups is 2. The molecule has 1 aliphatic rings. The van der Waals surface area contributed by atoms with Crippen molar-refractivity contribution in [1.82, 2.24) is 0 Å². The van der Waals surface area contributed by atoms with Crippen molar-refractivity contribution in [2.24, 2.45) is 11.3 Å². The number of rotatable bonds is 5. The van der Waals surface area contributed by atoms with Gasteiger partial charge in [0, 0.05) is 12.3 Å². The van der Waals surface area contributed by atoms with Crippen molar-refractivity contribution in [3.8, 4) is 0 Å². The van der Waals surface area contributed by atoms with Crippen LogP contribution in [0.15, 0.2) is 42.0 Å². The molecule has 0 saturated carbocycles. The second-order valence-corrected chi connectivity index (χ2v) is 7.16. The van der Waals surface area contributed by atoms with Crippen LogP contribution in [0.1, 0.15) is 57.3 Å². The number of Topliss-reactive ketones (excluding diaryl/α,β-unsaturated/α-hetero) is 1. The average molecular weight is 314 g/mol. The summed E-state index contributed by atoms with van der Waals surface area (Å²) in [5, 5.41) is 0. The van der Waals surface area contributed by atoms with Gasteiger partial charge in [-0.25, -0.2) is 4.79 Å². The molecule has 1 aliphatic carbocycles. The van der Waals surface area contributed by atoms with Gasteiger partial charge in [-0.05, 0) is 44.2 Å². The topological polar surface area (TPSA) is 43.4 Å². The minimum Gasteiger partial charge on any atom is -0.459 e. The Hall–Kier alpha value is -1.90. The standard InChI is InChI=1S/C20H26O3/c1-14-9-8-12-20(3,4)18(14)17(21)13-15(2)23-19(22)16-10-6-5-7-11-16/h5-7,9-11,15,18H,8,12-13H2,1-4H3/t15?,18-/m1/s1. The predicted octanol–water partition coefficient (Wildman–Crippen LogP) is 4.57. The SMILES string of the molecule is CC1=CCCC(C)(C)[C@H]1C(=O)CC(C)OC(=O)c1ccccc1. The first-order chi connectivity index (χ1) is 10.8. The first-order valence-electron chi connectivity index (χ1n) is 8.26. The highest BCUT2D eigenvalue weighted by atomic mass is 16.5. The first kappa shape index (κ1) is 17.5. The molecule has 2 rings (SSSR count). The Bertz CT molecular complexity index is 599. The van der Waals surface area contributed by atoms with Crippen LogP contribution in [0.2, 0.25) is 0 Å². The molecule has 124 valence electrons. The maximum absolute atomic E-state index is 12.7. The average Bonchev–Trinajstić information content (AvgIpc) is 2.46. The van der Waals surface area contributed by atoms with E-state index in [0.29, 0.717) is 5.56 Å². The fourth-order valence-corrected chi connectivity index (χ4v) is 3.51. The van der Waals surface area contributed by atoms with Crippen molar-refractivity contribution >= 4 is 11.8 Å². The van der Waals surface area contributed by atoms with E-state index in [1.807, 2.05) is 13.0 Å². The zero-order valence-corrected chi connectivity index (χ0v) is 14.5. The molecular formula is C20H26O3. The number of carbonyl (C=O) groups excluding carboxylic acids is 2. The highest BCUT2D eigenvalue weighted by molar-refractivity contribution is 5.90. The Morgan fingerprint density at radius 1 is 1.26 bits per heavy atom. The number of esters is 1. The van der Waals surface area contributed by atoms with E-state index in [2.05, 4.69) is 19.9 Å². The van der Waals surface area contributed by atoms with Crippen molar-refractivity contribution in [2.45, 2.75) is 53.1 Å². The van der Waals surface area contributed by atoms with Crippen LogP contribution in [0.3, 0.4) is 0 Å². The zero-order valence-electron chi connectivity index (χ0n) is 14.5. The molecule has 2 atom stereocenters. The van der Waals surface area contributed by atoms with E-state index < -0.39 is 6.10 Å². The van der Waals surface area contributed by atoms with Gasteiger partial charge in [-0.2, -0.15) is 0 Å². The van der Waals surface area contributed by atoms with Crippen molar-refractivity contribution in [2.75, 3.05) is 0 Å². The fourth-order valence-electron chi connectivity index (χ4n) is 3.51. The van der Waals surface area contributed by atoms with E-state index in [4.69, 9.17) is 4.74 Å². The van der Waals surface area contributed by atoms with Crippen LogP contribution in [0, 0.1) is 11.3 Å². The van der Waals surface area contributed by atoms with Gasteiger partial charge in [-0.3, -0.25) is 4.79 Å². The summed E-state index contributed by atoms with van der Waals surface area (Å²) in [6, 6.07) is 8.88.